The number of nitrogens with zero attached hydrogens (tertiary/aromatic N) is 3. The van der Waals surface area contributed by atoms with Crippen LogP contribution in [-0.4, -0.2) is 26.7 Å². The van der Waals surface area contributed by atoms with E-state index in [1.165, 1.54) is 4.57 Å². The van der Waals surface area contributed by atoms with Gasteiger partial charge in [0.2, 0.25) is 5.91 Å². The maximum atomic E-state index is 14.0. The van der Waals surface area contributed by atoms with Gasteiger partial charge in [-0.15, -0.1) is 0 Å². The fourth-order valence-corrected chi connectivity index (χ4v) is 4.84. The van der Waals surface area contributed by atoms with Crippen molar-refractivity contribution in [1.29, 1.82) is 0 Å². The van der Waals surface area contributed by atoms with Crippen LogP contribution < -0.4 is 21.3 Å². The van der Waals surface area contributed by atoms with Crippen LogP contribution in [0.15, 0.2) is 76.3 Å². The van der Waals surface area contributed by atoms with E-state index in [-0.39, 0.29) is 12.5 Å². The van der Waals surface area contributed by atoms with E-state index < -0.39 is 11.2 Å². The Bertz CT molecular complexity index is 1790. The molecule has 1 amide bonds. The molecule has 188 valence electrons. The Morgan fingerprint density at radius 2 is 1.76 bits per heavy atom. The minimum absolute atomic E-state index is 0.270. The van der Waals surface area contributed by atoms with Gasteiger partial charge in [0, 0.05) is 18.1 Å². The number of ether oxygens (including phenoxy) is 1. The summed E-state index contributed by atoms with van der Waals surface area (Å²) >= 11 is 0. The largest absolute Gasteiger partial charge is 0.497 e. The number of carbonyl (C=O) groups excluding carboxylic acids is 1. The summed E-state index contributed by atoms with van der Waals surface area (Å²) in [6, 6.07) is 20.2. The third-order valence-corrected chi connectivity index (χ3v) is 6.75. The number of fused-ring (bicyclic) bond motifs is 3. The fourth-order valence-electron chi connectivity index (χ4n) is 4.84. The SMILES string of the molecule is CCc1cccc(NC(=O)Cn2c(=O)n(-c3ccccc3C)c(=O)c3c2c2cc(OC)ccc2n3C)c1. The number of rotatable bonds is 6. The summed E-state index contributed by atoms with van der Waals surface area (Å²) in [5.74, 6) is 0.217. The highest BCUT2D eigenvalue weighted by atomic mass is 16.5. The van der Waals surface area contributed by atoms with Crippen molar-refractivity contribution < 1.29 is 9.53 Å². The van der Waals surface area contributed by atoms with Crippen LogP contribution in [0.5, 0.6) is 5.75 Å². The predicted molar refractivity (Wildman–Crippen MR) is 146 cm³/mol. The van der Waals surface area contributed by atoms with Crippen molar-refractivity contribution in [3.8, 4) is 11.4 Å². The molecule has 0 fully saturated rings. The zero-order valence-electron chi connectivity index (χ0n) is 21.2. The second kappa shape index (κ2) is 9.46. The maximum Gasteiger partial charge on any atom is 0.336 e. The van der Waals surface area contributed by atoms with Gasteiger partial charge in [-0.1, -0.05) is 37.3 Å². The average Bonchev–Trinajstić information content (AvgIpc) is 3.19. The lowest BCUT2D eigenvalue weighted by Gasteiger charge is -2.15. The minimum atomic E-state index is -0.584. The van der Waals surface area contributed by atoms with E-state index in [4.69, 9.17) is 4.74 Å². The van der Waals surface area contributed by atoms with Crippen molar-refractivity contribution in [3.63, 3.8) is 0 Å². The van der Waals surface area contributed by atoms with E-state index in [1.807, 2.05) is 56.3 Å². The van der Waals surface area contributed by atoms with Gasteiger partial charge < -0.3 is 14.6 Å². The summed E-state index contributed by atoms with van der Waals surface area (Å²) in [7, 11) is 3.34. The van der Waals surface area contributed by atoms with Gasteiger partial charge in [0.15, 0.2) is 0 Å². The summed E-state index contributed by atoms with van der Waals surface area (Å²) in [4.78, 5) is 41.1. The van der Waals surface area contributed by atoms with Crippen LogP contribution >= 0.6 is 0 Å². The highest BCUT2D eigenvalue weighted by molar-refractivity contribution is 6.07. The number of nitrogens with one attached hydrogen (secondary N) is 1. The lowest BCUT2D eigenvalue weighted by atomic mass is 10.1. The molecule has 0 saturated heterocycles. The Morgan fingerprint density at radius 3 is 2.49 bits per heavy atom. The second-order valence-corrected chi connectivity index (χ2v) is 9.04. The summed E-state index contributed by atoms with van der Waals surface area (Å²) < 4.78 is 9.71. The van der Waals surface area contributed by atoms with Crippen LogP contribution in [0.4, 0.5) is 5.69 Å². The number of aromatic nitrogens is 3. The molecule has 2 heterocycles. The topological polar surface area (TPSA) is 87.3 Å². The number of anilines is 1. The average molecular weight is 497 g/mol. The number of para-hydroxylation sites is 1. The smallest absolute Gasteiger partial charge is 0.336 e. The maximum absolute atomic E-state index is 14.0. The van der Waals surface area contributed by atoms with Gasteiger partial charge in [0.1, 0.15) is 17.8 Å². The number of hydrogen-bond donors (Lipinski definition) is 1. The van der Waals surface area contributed by atoms with Crippen LogP contribution in [0.25, 0.3) is 27.6 Å². The zero-order chi connectivity index (χ0) is 26.3. The van der Waals surface area contributed by atoms with Crippen molar-refractivity contribution in [2.45, 2.75) is 26.8 Å². The molecule has 0 radical (unpaired) electrons. The van der Waals surface area contributed by atoms with Gasteiger partial charge in [0.05, 0.1) is 23.8 Å². The van der Waals surface area contributed by atoms with Crippen molar-refractivity contribution >= 4 is 33.5 Å². The van der Waals surface area contributed by atoms with Crippen molar-refractivity contribution in [1.82, 2.24) is 13.7 Å². The molecule has 0 aliphatic heterocycles. The zero-order valence-corrected chi connectivity index (χ0v) is 21.2. The Hall–Kier alpha value is -4.59. The molecule has 0 aliphatic rings. The molecule has 0 unspecified atom stereocenters. The molecule has 0 aliphatic carbocycles. The lowest BCUT2D eigenvalue weighted by molar-refractivity contribution is -0.116. The highest BCUT2D eigenvalue weighted by Crippen LogP contribution is 2.29. The third kappa shape index (κ3) is 4.10. The number of methoxy groups -OCH3 is 1. The van der Waals surface area contributed by atoms with E-state index in [0.717, 1.165) is 27.6 Å². The van der Waals surface area contributed by atoms with Gasteiger partial charge in [-0.05, 0) is 60.9 Å². The number of hydrogen-bond acceptors (Lipinski definition) is 4. The van der Waals surface area contributed by atoms with Crippen LogP contribution in [0.3, 0.4) is 0 Å². The van der Waals surface area contributed by atoms with Crippen LogP contribution in [0.1, 0.15) is 18.1 Å². The molecular weight excluding hydrogens is 468 g/mol. The van der Waals surface area contributed by atoms with Crippen molar-refractivity contribution in [3.05, 3.63) is 98.7 Å². The highest BCUT2D eigenvalue weighted by Gasteiger charge is 2.23. The number of carbonyl (C=O) groups is 1. The van der Waals surface area contributed by atoms with Gasteiger partial charge in [0.25, 0.3) is 5.56 Å². The van der Waals surface area contributed by atoms with Gasteiger partial charge in [-0.25, -0.2) is 9.36 Å². The molecule has 0 spiro atoms. The standard InChI is InChI=1S/C29H28N4O4/c1-5-19-10-8-11-20(15-19)30-25(34)17-32-26-22-16-21(37-4)13-14-24(22)31(3)27(26)28(35)33(29(32)36)23-12-7-6-9-18(23)2/h6-16H,5,17H2,1-4H3,(H,30,34). The predicted octanol–water partition coefficient (Wildman–Crippen LogP) is 4.16. The first-order chi connectivity index (χ1) is 17.8. The van der Waals surface area contributed by atoms with Gasteiger partial charge in [-0.3, -0.25) is 14.2 Å². The first-order valence-electron chi connectivity index (χ1n) is 12.1. The van der Waals surface area contributed by atoms with Crippen LogP contribution in [-0.2, 0) is 24.8 Å². The molecule has 0 atom stereocenters. The summed E-state index contributed by atoms with van der Waals surface area (Å²) in [6.07, 6.45) is 0.836. The normalized spacial score (nSPS) is 11.2. The second-order valence-electron chi connectivity index (χ2n) is 9.04. The van der Waals surface area contributed by atoms with Crippen molar-refractivity contribution in [2.24, 2.45) is 7.05 Å². The summed E-state index contributed by atoms with van der Waals surface area (Å²) in [6.45, 7) is 3.62. The summed E-state index contributed by atoms with van der Waals surface area (Å²) in [5, 5.41) is 3.56. The van der Waals surface area contributed by atoms with Crippen LogP contribution in [0.2, 0.25) is 0 Å². The first-order valence-corrected chi connectivity index (χ1v) is 12.1. The number of benzene rings is 3. The fraction of sp³-hybridized carbons (Fsp3) is 0.207. The van der Waals surface area contributed by atoms with Gasteiger partial charge in [-0.2, -0.15) is 0 Å². The minimum Gasteiger partial charge on any atom is -0.497 e. The lowest BCUT2D eigenvalue weighted by Crippen LogP contribution is -2.41. The quantitative estimate of drug-likeness (QED) is 0.382. The summed E-state index contributed by atoms with van der Waals surface area (Å²) in [5.41, 5.74) is 3.44. The molecular formula is C29H28N4O4. The van der Waals surface area contributed by atoms with E-state index in [1.54, 1.807) is 43.0 Å². The molecule has 8 nitrogen and oxygen atoms in total. The number of amides is 1. The molecule has 8 heteroatoms. The Kier molecular flexibility index (Phi) is 6.17. The Morgan fingerprint density at radius 1 is 0.973 bits per heavy atom. The van der Waals surface area contributed by atoms with E-state index in [0.29, 0.717) is 33.5 Å². The number of aryl methyl sites for hydroxylation is 3. The molecule has 0 saturated carbocycles. The monoisotopic (exact) mass is 496 g/mol. The van der Waals surface area contributed by atoms with E-state index in [9.17, 15) is 14.4 Å². The third-order valence-electron chi connectivity index (χ3n) is 6.75. The molecule has 2 aromatic heterocycles. The molecule has 1 N–H and O–H groups in total. The van der Waals surface area contributed by atoms with Gasteiger partial charge >= 0.3 is 5.69 Å². The molecule has 5 rings (SSSR count). The molecule has 0 bridgehead atoms. The molecule has 37 heavy (non-hydrogen) atoms. The van der Waals surface area contributed by atoms with E-state index >= 15 is 0 Å². The van der Waals surface area contributed by atoms with E-state index in [2.05, 4.69) is 5.32 Å². The Labute approximate surface area is 213 Å². The van der Waals surface area contributed by atoms with Crippen LogP contribution in [0, 0.1) is 6.92 Å². The molecule has 3 aromatic carbocycles. The van der Waals surface area contributed by atoms with Crippen molar-refractivity contribution in [2.75, 3.05) is 12.4 Å². The first kappa shape index (κ1) is 24.1. The Balaban J connectivity index is 1.78. The molecule has 5 aromatic rings.